The van der Waals surface area contributed by atoms with Gasteiger partial charge in [0.15, 0.2) is 0 Å². The van der Waals surface area contributed by atoms with Crippen molar-refractivity contribution in [3.63, 3.8) is 0 Å². The van der Waals surface area contributed by atoms with E-state index in [0.29, 0.717) is 5.56 Å². The molecular formula is C19H16N2O6S. The molecule has 0 spiro atoms. The van der Waals surface area contributed by atoms with E-state index in [1.807, 2.05) is 0 Å². The van der Waals surface area contributed by atoms with Gasteiger partial charge in [0, 0.05) is 17.7 Å². The van der Waals surface area contributed by atoms with Gasteiger partial charge in [0.2, 0.25) is 0 Å². The Bertz CT molecular complexity index is 1130. The Kier molecular flexibility index (Phi) is 5.18. The van der Waals surface area contributed by atoms with Crippen LogP contribution in [-0.2, 0) is 10.0 Å². The number of para-hydroxylation sites is 1. The van der Waals surface area contributed by atoms with Crippen molar-refractivity contribution in [1.29, 1.82) is 0 Å². The number of non-ortho nitro benzene ring substituents is 1. The third-order valence-corrected chi connectivity index (χ3v) is 5.37. The molecule has 0 saturated heterocycles. The van der Waals surface area contributed by atoms with Crippen molar-refractivity contribution in [1.82, 2.24) is 0 Å². The summed E-state index contributed by atoms with van der Waals surface area (Å²) < 4.78 is 33.8. The minimum absolute atomic E-state index is 0.0318. The van der Waals surface area contributed by atoms with E-state index in [9.17, 15) is 23.6 Å². The first kappa shape index (κ1) is 19.2. The molecule has 0 aliphatic heterocycles. The average molecular weight is 400 g/mol. The number of phenolic OH excluding ortho intramolecular Hbond substituents is 1. The fourth-order valence-electron chi connectivity index (χ4n) is 2.45. The number of anilines is 1. The number of ether oxygens (including phenoxy) is 1. The van der Waals surface area contributed by atoms with E-state index in [1.54, 1.807) is 19.1 Å². The number of sulfonamides is 1. The van der Waals surface area contributed by atoms with E-state index < -0.39 is 14.9 Å². The van der Waals surface area contributed by atoms with Crippen molar-refractivity contribution in [2.45, 2.75) is 11.8 Å². The van der Waals surface area contributed by atoms with Crippen molar-refractivity contribution < 1.29 is 23.2 Å². The quantitative estimate of drug-likeness (QED) is 0.473. The highest BCUT2D eigenvalue weighted by atomic mass is 32.2. The summed E-state index contributed by atoms with van der Waals surface area (Å²) in [5.74, 6) is 0.277. The normalized spacial score (nSPS) is 11.0. The summed E-state index contributed by atoms with van der Waals surface area (Å²) in [5.41, 5.74) is 0.527. The zero-order valence-corrected chi connectivity index (χ0v) is 15.5. The summed E-state index contributed by atoms with van der Waals surface area (Å²) in [6.45, 7) is 1.59. The van der Waals surface area contributed by atoms with Crippen LogP contribution in [0.15, 0.2) is 71.6 Å². The van der Waals surface area contributed by atoms with E-state index in [4.69, 9.17) is 4.74 Å². The van der Waals surface area contributed by atoms with Crippen molar-refractivity contribution in [2.75, 3.05) is 4.72 Å². The number of benzene rings is 3. The lowest BCUT2D eigenvalue weighted by Gasteiger charge is -2.14. The van der Waals surface area contributed by atoms with Gasteiger partial charge in [0.05, 0.1) is 10.6 Å². The molecule has 0 aliphatic carbocycles. The molecule has 3 aromatic carbocycles. The van der Waals surface area contributed by atoms with Gasteiger partial charge in [-0.3, -0.25) is 14.8 Å². The first-order chi connectivity index (χ1) is 13.3. The standard InChI is InChI=1S/C19H16N2O6S/c1-13-16(5-4-6-17(13)22)20-28(25,26)19-8-3-2-7-18(19)27-15-11-9-14(10-12-15)21(23)24/h2-12,20,22H,1H3. The van der Waals surface area contributed by atoms with Crippen molar-refractivity contribution in [3.05, 3.63) is 82.4 Å². The van der Waals surface area contributed by atoms with Gasteiger partial charge in [0.1, 0.15) is 22.1 Å². The molecule has 0 unspecified atom stereocenters. The zero-order valence-electron chi connectivity index (χ0n) is 14.7. The molecule has 0 saturated carbocycles. The number of aromatic hydroxyl groups is 1. The molecule has 0 aromatic heterocycles. The largest absolute Gasteiger partial charge is 0.508 e. The lowest BCUT2D eigenvalue weighted by atomic mass is 10.2. The number of hydrogen-bond donors (Lipinski definition) is 2. The van der Waals surface area contributed by atoms with Crippen molar-refractivity contribution in [2.24, 2.45) is 0 Å². The number of phenols is 1. The van der Waals surface area contributed by atoms with Crippen LogP contribution in [0.4, 0.5) is 11.4 Å². The topological polar surface area (TPSA) is 119 Å². The van der Waals surface area contributed by atoms with E-state index in [2.05, 4.69) is 4.72 Å². The molecular weight excluding hydrogens is 384 g/mol. The lowest BCUT2D eigenvalue weighted by Crippen LogP contribution is -2.14. The van der Waals surface area contributed by atoms with Gasteiger partial charge in [-0.25, -0.2) is 8.42 Å². The van der Waals surface area contributed by atoms with Gasteiger partial charge in [-0.05, 0) is 43.3 Å². The molecule has 0 radical (unpaired) electrons. The van der Waals surface area contributed by atoms with Crippen LogP contribution in [-0.4, -0.2) is 18.4 Å². The third kappa shape index (κ3) is 4.04. The highest BCUT2D eigenvalue weighted by molar-refractivity contribution is 7.92. The molecule has 0 amide bonds. The Hall–Kier alpha value is -3.59. The SMILES string of the molecule is Cc1c(O)cccc1NS(=O)(=O)c1ccccc1Oc1ccc([N+](=O)[O-])cc1. The highest BCUT2D eigenvalue weighted by Gasteiger charge is 2.21. The Morgan fingerprint density at radius 2 is 1.68 bits per heavy atom. The summed E-state index contributed by atoms with van der Waals surface area (Å²) in [5, 5.41) is 20.5. The van der Waals surface area contributed by atoms with Crippen LogP contribution < -0.4 is 9.46 Å². The minimum atomic E-state index is -4.02. The first-order valence-electron chi connectivity index (χ1n) is 8.10. The number of nitrogens with one attached hydrogen (secondary N) is 1. The second-order valence-electron chi connectivity index (χ2n) is 5.86. The number of nitro groups is 1. The molecule has 8 nitrogen and oxygen atoms in total. The van der Waals surface area contributed by atoms with Crippen molar-refractivity contribution >= 4 is 21.4 Å². The predicted molar refractivity (Wildman–Crippen MR) is 103 cm³/mol. The Morgan fingerprint density at radius 3 is 2.36 bits per heavy atom. The fourth-order valence-corrected chi connectivity index (χ4v) is 3.71. The van der Waals surface area contributed by atoms with Crippen LogP contribution in [0.2, 0.25) is 0 Å². The molecule has 0 bridgehead atoms. The zero-order chi connectivity index (χ0) is 20.3. The number of hydrogen-bond acceptors (Lipinski definition) is 6. The van der Waals surface area contributed by atoms with Gasteiger partial charge < -0.3 is 9.84 Å². The molecule has 0 heterocycles. The second-order valence-corrected chi connectivity index (χ2v) is 7.51. The van der Waals surface area contributed by atoms with Gasteiger partial charge in [-0.1, -0.05) is 18.2 Å². The van der Waals surface area contributed by atoms with E-state index >= 15 is 0 Å². The Labute approximate surface area is 161 Å². The van der Waals surface area contributed by atoms with Crippen LogP contribution in [0, 0.1) is 17.0 Å². The number of rotatable bonds is 6. The van der Waals surface area contributed by atoms with E-state index in [1.165, 1.54) is 54.6 Å². The molecule has 3 aromatic rings. The molecule has 2 N–H and O–H groups in total. The highest BCUT2D eigenvalue weighted by Crippen LogP contribution is 2.32. The van der Waals surface area contributed by atoms with Crippen LogP contribution in [0.5, 0.6) is 17.2 Å². The predicted octanol–water partition coefficient (Wildman–Crippen LogP) is 4.20. The summed E-state index contributed by atoms with van der Waals surface area (Å²) >= 11 is 0. The molecule has 28 heavy (non-hydrogen) atoms. The fraction of sp³-hybridized carbons (Fsp3) is 0.0526. The smallest absolute Gasteiger partial charge is 0.269 e. The van der Waals surface area contributed by atoms with Gasteiger partial charge in [-0.2, -0.15) is 0 Å². The number of nitro benzene ring substituents is 1. The van der Waals surface area contributed by atoms with Crippen LogP contribution >= 0.6 is 0 Å². The maximum Gasteiger partial charge on any atom is 0.269 e. The number of nitrogens with zero attached hydrogens (tertiary/aromatic N) is 1. The summed E-state index contributed by atoms with van der Waals surface area (Å²) in [4.78, 5) is 10.1. The molecule has 0 aliphatic rings. The van der Waals surface area contributed by atoms with Crippen molar-refractivity contribution in [3.8, 4) is 17.2 Å². The minimum Gasteiger partial charge on any atom is -0.508 e. The molecule has 0 atom stereocenters. The van der Waals surface area contributed by atoms with Crippen LogP contribution in [0.3, 0.4) is 0 Å². The van der Waals surface area contributed by atoms with Gasteiger partial charge in [0.25, 0.3) is 15.7 Å². The third-order valence-electron chi connectivity index (χ3n) is 3.96. The Morgan fingerprint density at radius 1 is 1.00 bits per heavy atom. The van der Waals surface area contributed by atoms with Crippen LogP contribution in [0.25, 0.3) is 0 Å². The summed E-state index contributed by atoms with van der Waals surface area (Å²) in [7, 11) is -4.02. The summed E-state index contributed by atoms with van der Waals surface area (Å²) in [6, 6.07) is 15.8. The Balaban J connectivity index is 1.92. The van der Waals surface area contributed by atoms with Gasteiger partial charge >= 0.3 is 0 Å². The molecule has 3 rings (SSSR count). The maximum atomic E-state index is 12.9. The molecule has 0 fully saturated rings. The monoisotopic (exact) mass is 400 g/mol. The molecule has 9 heteroatoms. The first-order valence-corrected chi connectivity index (χ1v) is 9.59. The average Bonchev–Trinajstić information content (AvgIpc) is 2.66. The lowest BCUT2D eigenvalue weighted by molar-refractivity contribution is -0.384. The summed E-state index contributed by atoms with van der Waals surface area (Å²) in [6.07, 6.45) is 0. The second kappa shape index (κ2) is 7.57. The van der Waals surface area contributed by atoms with Gasteiger partial charge in [-0.15, -0.1) is 0 Å². The van der Waals surface area contributed by atoms with E-state index in [0.717, 1.165) is 0 Å². The van der Waals surface area contributed by atoms with E-state index in [-0.39, 0.29) is 33.5 Å². The maximum absolute atomic E-state index is 12.9. The van der Waals surface area contributed by atoms with Crippen LogP contribution in [0.1, 0.15) is 5.56 Å². The molecule has 144 valence electrons.